The molecule has 6 nitrogen and oxygen atoms in total. The number of benzene rings is 2. The predicted molar refractivity (Wildman–Crippen MR) is 148 cm³/mol. The van der Waals surface area contributed by atoms with E-state index >= 15 is 8.78 Å². The van der Waals surface area contributed by atoms with E-state index < -0.39 is 53.1 Å². The Morgan fingerprint density at radius 2 is 1.87 bits per heavy atom. The number of halogens is 4. The highest BCUT2D eigenvalue weighted by molar-refractivity contribution is 6.31. The molecule has 212 valence electrons. The third kappa shape index (κ3) is 5.67. The molecule has 2 aromatic rings. The maximum atomic E-state index is 15.8. The summed E-state index contributed by atoms with van der Waals surface area (Å²) in [6.07, 6.45) is 2.00. The van der Waals surface area contributed by atoms with Crippen LogP contribution in [-0.2, 0) is 19.9 Å². The fraction of sp³-hybridized carbons (Fsp3) is 0.517. The van der Waals surface area contributed by atoms with Crippen molar-refractivity contribution in [2.24, 2.45) is 17.1 Å². The van der Waals surface area contributed by atoms with Gasteiger partial charge in [-0.2, -0.15) is 0 Å². The van der Waals surface area contributed by atoms with E-state index in [9.17, 15) is 9.59 Å². The summed E-state index contributed by atoms with van der Waals surface area (Å²) in [5.74, 6) is -3.58. The van der Waals surface area contributed by atoms with Crippen molar-refractivity contribution in [1.82, 2.24) is 10.2 Å². The summed E-state index contributed by atoms with van der Waals surface area (Å²) < 4.78 is 36.4. The Balaban J connectivity index is 1.94. The molecule has 2 aliphatic rings. The molecule has 1 saturated carbocycles. The van der Waals surface area contributed by atoms with Crippen LogP contribution in [0, 0.1) is 23.0 Å². The molecule has 2 aromatic carbocycles. The van der Waals surface area contributed by atoms with Crippen LogP contribution in [0.15, 0.2) is 36.4 Å². The topological polar surface area (TPSA) is 84.7 Å². The number of nitrogens with zero attached hydrogens (tertiary/aromatic N) is 1. The monoisotopic (exact) mass is 581 g/mol. The summed E-state index contributed by atoms with van der Waals surface area (Å²) in [5, 5.41) is 2.89. The van der Waals surface area contributed by atoms with Crippen LogP contribution in [0.4, 0.5) is 8.78 Å². The number of amides is 1. The molecule has 1 saturated heterocycles. The Labute approximate surface area is 238 Å². The fourth-order valence-corrected chi connectivity index (χ4v) is 6.34. The molecule has 1 aliphatic heterocycles. The molecule has 0 radical (unpaired) electrons. The maximum absolute atomic E-state index is 15.8. The molecule has 0 bridgehead atoms. The van der Waals surface area contributed by atoms with Gasteiger partial charge in [-0.3, -0.25) is 9.69 Å². The van der Waals surface area contributed by atoms with Gasteiger partial charge < -0.3 is 15.8 Å². The van der Waals surface area contributed by atoms with E-state index in [1.54, 1.807) is 18.0 Å². The summed E-state index contributed by atoms with van der Waals surface area (Å²) in [5.41, 5.74) is 5.60. The molecule has 2 fully saturated rings. The molecular weight excluding hydrogens is 547 g/mol. The lowest BCUT2D eigenvalue weighted by atomic mass is 9.68. The molecule has 1 amide bonds. The Bertz CT molecular complexity index is 1270. The molecule has 5 atom stereocenters. The fourth-order valence-electron chi connectivity index (χ4n) is 6.00. The quantitative estimate of drug-likeness (QED) is 0.428. The maximum Gasteiger partial charge on any atom is 0.328 e. The Hall–Kier alpha value is -2.26. The van der Waals surface area contributed by atoms with Crippen molar-refractivity contribution in [3.8, 4) is 0 Å². The summed E-state index contributed by atoms with van der Waals surface area (Å²) in [6, 6.07) is 6.19. The Morgan fingerprint density at radius 3 is 2.44 bits per heavy atom. The number of likely N-dealkylation sites (tertiary alicyclic amines) is 1. The number of esters is 1. The number of nitrogens with two attached hydrogens (primary N) is 1. The molecule has 10 heteroatoms. The van der Waals surface area contributed by atoms with Crippen LogP contribution >= 0.6 is 23.2 Å². The van der Waals surface area contributed by atoms with Crippen molar-refractivity contribution in [3.05, 3.63) is 69.2 Å². The van der Waals surface area contributed by atoms with Crippen molar-refractivity contribution in [2.45, 2.75) is 69.6 Å². The van der Waals surface area contributed by atoms with Gasteiger partial charge in [-0.05, 0) is 61.4 Å². The minimum atomic E-state index is -1.58. The molecule has 3 N–H and O–H groups in total. The van der Waals surface area contributed by atoms with Gasteiger partial charge in [-0.1, -0.05) is 62.2 Å². The summed E-state index contributed by atoms with van der Waals surface area (Å²) in [6.45, 7) is 6.05. The lowest BCUT2D eigenvalue weighted by Crippen LogP contribution is -2.52. The van der Waals surface area contributed by atoms with Crippen LogP contribution in [0.1, 0.15) is 57.1 Å². The highest BCUT2D eigenvalue weighted by Gasteiger charge is 2.61. The van der Waals surface area contributed by atoms with E-state index in [-0.39, 0.29) is 32.5 Å². The van der Waals surface area contributed by atoms with Gasteiger partial charge in [0.25, 0.3) is 0 Å². The van der Waals surface area contributed by atoms with E-state index in [0.29, 0.717) is 6.42 Å². The lowest BCUT2D eigenvalue weighted by Gasteiger charge is -2.41. The van der Waals surface area contributed by atoms with E-state index in [4.69, 9.17) is 33.7 Å². The second-order valence-electron chi connectivity index (χ2n) is 11.9. The SMILES string of the molecule is COC(=O)C(NC(=O)C1C(c2cccc(Cl)c2F)C(N)(c2ccc(Cl)cc2F)C(CC(C)(C)C)N1C)C1CC1. The number of nitrogens with one attached hydrogen (secondary N) is 1. The molecule has 1 heterocycles. The van der Waals surface area contributed by atoms with Gasteiger partial charge in [0.1, 0.15) is 17.7 Å². The van der Waals surface area contributed by atoms with Crippen molar-refractivity contribution in [1.29, 1.82) is 0 Å². The molecule has 4 rings (SSSR count). The van der Waals surface area contributed by atoms with Crippen LogP contribution in [-0.4, -0.2) is 49.1 Å². The van der Waals surface area contributed by atoms with E-state index in [2.05, 4.69) is 5.32 Å². The number of carbonyl (C=O) groups excluding carboxylic acids is 2. The number of methoxy groups -OCH3 is 1. The van der Waals surface area contributed by atoms with Gasteiger partial charge in [0, 0.05) is 22.5 Å². The Kier molecular flexibility index (Phi) is 8.35. The first-order valence-corrected chi connectivity index (χ1v) is 13.7. The highest BCUT2D eigenvalue weighted by Crippen LogP contribution is 2.53. The van der Waals surface area contributed by atoms with Crippen molar-refractivity contribution >= 4 is 35.1 Å². The van der Waals surface area contributed by atoms with Gasteiger partial charge >= 0.3 is 5.97 Å². The number of hydrogen-bond donors (Lipinski definition) is 2. The first kappa shape index (κ1) is 29.7. The molecule has 5 unspecified atom stereocenters. The smallest absolute Gasteiger partial charge is 0.328 e. The van der Waals surface area contributed by atoms with Gasteiger partial charge in [0.2, 0.25) is 5.91 Å². The van der Waals surface area contributed by atoms with E-state index in [1.165, 1.54) is 37.4 Å². The average Bonchev–Trinajstić information content (AvgIpc) is 3.67. The number of hydrogen-bond acceptors (Lipinski definition) is 5. The zero-order valence-corrected chi connectivity index (χ0v) is 24.2. The highest BCUT2D eigenvalue weighted by atomic mass is 35.5. The van der Waals surface area contributed by atoms with Crippen molar-refractivity contribution in [2.75, 3.05) is 14.2 Å². The van der Waals surface area contributed by atoms with E-state index in [1.807, 2.05) is 20.8 Å². The normalized spacial score (nSPS) is 26.4. The molecule has 0 aromatic heterocycles. The minimum absolute atomic E-state index is 0.0452. The van der Waals surface area contributed by atoms with Crippen molar-refractivity contribution in [3.63, 3.8) is 0 Å². The van der Waals surface area contributed by atoms with Gasteiger partial charge in [0.05, 0.1) is 23.7 Å². The van der Waals surface area contributed by atoms with Gasteiger partial charge in [-0.25, -0.2) is 13.6 Å². The first-order valence-electron chi connectivity index (χ1n) is 13.0. The average molecular weight is 583 g/mol. The summed E-state index contributed by atoms with van der Waals surface area (Å²) >= 11 is 12.3. The predicted octanol–water partition coefficient (Wildman–Crippen LogP) is 5.40. The minimum Gasteiger partial charge on any atom is -0.467 e. The van der Waals surface area contributed by atoms with Crippen LogP contribution in [0.2, 0.25) is 10.0 Å². The number of ether oxygens (including phenoxy) is 1. The largest absolute Gasteiger partial charge is 0.467 e. The summed E-state index contributed by atoms with van der Waals surface area (Å²) in [7, 11) is 2.99. The molecular formula is C29H35Cl2F2N3O3. The van der Waals surface area contributed by atoms with Gasteiger partial charge in [-0.15, -0.1) is 0 Å². The van der Waals surface area contributed by atoms with E-state index in [0.717, 1.165) is 12.8 Å². The Morgan fingerprint density at radius 1 is 1.21 bits per heavy atom. The summed E-state index contributed by atoms with van der Waals surface area (Å²) in [4.78, 5) is 28.4. The van der Waals surface area contributed by atoms with Crippen LogP contribution in [0.25, 0.3) is 0 Å². The zero-order chi connectivity index (χ0) is 28.9. The third-order valence-electron chi connectivity index (χ3n) is 7.95. The van der Waals surface area contributed by atoms with Crippen LogP contribution < -0.4 is 11.1 Å². The second kappa shape index (κ2) is 11.0. The van der Waals surface area contributed by atoms with Gasteiger partial charge in [0.15, 0.2) is 0 Å². The van der Waals surface area contributed by atoms with Crippen LogP contribution in [0.3, 0.4) is 0 Å². The zero-order valence-electron chi connectivity index (χ0n) is 22.7. The number of likely N-dealkylation sites (N-methyl/N-ethyl adjacent to an activating group) is 1. The molecule has 39 heavy (non-hydrogen) atoms. The number of carbonyl (C=O) groups is 2. The third-order valence-corrected chi connectivity index (χ3v) is 8.47. The van der Waals surface area contributed by atoms with Crippen LogP contribution in [0.5, 0.6) is 0 Å². The molecule has 1 aliphatic carbocycles. The number of rotatable bonds is 7. The lowest BCUT2D eigenvalue weighted by molar-refractivity contribution is -0.146. The second-order valence-corrected chi connectivity index (χ2v) is 12.8. The first-order chi connectivity index (χ1) is 18.2. The standard InChI is InChI=1S/C29H35Cl2F2N3O3/c1-28(2,3)14-21-29(34,18-12-11-16(30)13-20(18)32)22(17-7-6-8-19(31)23(17)33)25(36(21)4)26(37)35-24(15-9-10-15)27(38)39-5/h6-8,11-13,15,21-22,24-25H,9-10,14,34H2,1-5H3,(H,35,37). The molecule has 0 spiro atoms. The van der Waals surface area contributed by atoms with Crippen molar-refractivity contribution < 1.29 is 23.1 Å².